The molecule has 0 N–H and O–H groups in total. The Kier molecular flexibility index (Phi) is 4.60. The van der Waals surface area contributed by atoms with E-state index in [0.717, 1.165) is 11.4 Å². The van der Waals surface area contributed by atoms with E-state index in [1.165, 1.54) is 0 Å². The lowest BCUT2D eigenvalue weighted by molar-refractivity contribution is 0.564. The van der Waals surface area contributed by atoms with Gasteiger partial charge in [0.1, 0.15) is 0 Å². The number of hydrogen-bond acceptors (Lipinski definition) is 2. The monoisotopic (exact) mass is 180 g/mol. The molecule has 0 spiro atoms. The standard InChI is InChI=1S/C9H14N2.C2H6/c1-7-5-11-8(6-10-7)9(2,3)4;1-2/h5-6H,1-4H3;1-2H3. The minimum atomic E-state index is 0.112. The molecular weight excluding hydrogens is 160 g/mol. The Morgan fingerprint density at radius 1 is 1.00 bits per heavy atom. The lowest BCUT2D eigenvalue weighted by atomic mass is 9.93. The number of aryl methyl sites for hydroxylation is 1. The van der Waals surface area contributed by atoms with Gasteiger partial charge >= 0.3 is 0 Å². The van der Waals surface area contributed by atoms with Crippen LogP contribution in [-0.2, 0) is 5.41 Å². The van der Waals surface area contributed by atoms with Crippen molar-refractivity contribution in [2.75, 3.05) is 0 Å². The molecule has 0 aliphatic rings. The average molecular weight is 180 g/mol. The van der Waals surface area contributed by atoms with Crippen LogP contribution < -0.4 is 0 Å². The molecule has 13 heavy (non-hydrogen) atoms. The van der Waals surface area contributed by atoms with Gasteiger partial charge in [0.15, 0.2) is 0 Å². The van der Waals surface area contributed by atoms with E-state index in [2.05, 4.69) is 30.7 Å². The number of nitrogens with zero attached hydrogens (tertiary/aromatic N) is 2. The molecule has 0 saturated carbocycles. The van der Waals surface area contributed by atoms with Gasteiger partial charge in [-0.25, -0.2) is 0 Å². The van der Waals surface area contributed by atoms with Gasteiger partial charge in [0.25, 0.3) is 0 Å². The van der Waals surface area contributed by atoms with Crippen LogP contribution in [-0.4, -0.2) is 9.97 Å². The van der Waals surface area contributed by atoms with Gasteiger partial charge in [-0.1, -0.05) is 34.6 Å². The van der Waals surface area contributed by atoms with Gasteiger partial charge in [0.05, 0.1) is 11.4 Å². The Morgan fingerprint density at radius 2 is 1.54 bits per heavy atom. The smallest absolute Gasteiger partial charge is 0.0640 e. The Balaban J connectivity index is 0.000000671. The average Bonchev–Trinajstić information content (AvgIpc) is 2.07. The molecule has 1 rings (SSSR count). The summed E-state index contributed by atoms with van der Waals surface area (Å²) in [5.41, 5.74) is 2.13. The highest BCUT2D eigenvalue weighted by molar-refractivity contribution is 5.09. The second-order valence-electron chi connectivity index (χ2n) is 3.79. The molecule has 0 radical (unpaired) electrons. The third kappa shape index (κ3) is 4.02. The molecular formula is C11H20N2. The zero-order valence-corrected chi connectivity index (χ0v) is 9.55. The highest BCUT2D eigenvalue weighted by Gasteiger charge is 2.14. The zero-order chi connectivity index (χ0) is 10.5. The van der Waals surface area contributed by atoms with Gasteiger partial charge in [0, 0.05) is 17.8 Å². The fourth-order valence-corrected chi connectivity index (χ4v) is 0.780. The highest BCUT2D eigenvalue weighted by Crippen LogP contribution is 2.18. The van der Waals surface area contributed by atoms with Gasteiger partial charge in [-0.2, -0.15) is 0 Å². The first-order chi connectivity index (χ1) is 6.00. The van der Waals surface area contributed by atoms with Crippen LogP contribution in [0.2, 0.25) is 0 Å². The first kappa shape index (κ1) is 12.1. The number of rotatable bonds is 0. The van der Waals surface area contributed by atoms with Crippen molar-refractivity contribution in [3.63, 3.8) is 0 Å². The van der Waals surface area contributed by atoms with Crippen LogP contribution in [0.5, 0.6) is 0 Å². The summed E-state index contributed by atoms with van der Waals surface area (Å²) in [4.78, 5) is 8.47. The first-order valence-corrected chi connectivity index (χ1v) is 4.79. The minimum Gasteiger partial charge on any atom is -0.258 e. The van der Waals surface area contributed by atoms with Crippen molar-refractivity contribution in [1.29, 1.82) is 0 Å². The molecule has 2 heteroatoms. The maximum Gasteiger partial charge on any atom is 0.0640 e. The summed E-state index contributed by atoms with van der Waals surface area (Å²) < 4.78 is 0. The van der Waals surface area contributed by atoms with Crippen molar-refractivity contribution in [3.8, 4) is 0 Å². The second-order valence-corrected chi connectivity index (χ2v) is 3.79. The summed E-state index contributed by atoms with van der Waals surface area (Å²) in [6.07, 6.45) is 3.65. The first-order valence-electron chi connectivity index (χ1n) is 4.79. The Labute approximate surface area is 81.4 Å². The van der Waals surface area contributed by atoms with Crippen molar-refractivity contribution in [2.24, 2.45) is 0 Å². The van der Waals surface area contributed by atoms with Crippen molar-refractivity contribution in [1.82, 2.24) is 9.97 Å². The fraction of sp³-hybridized carbons (Fsp3) is 0.636. The minimum absolute atomic E-state index is 0.112. The lowest BCUT2D eigenvalue weighted by Gasteiger charge is -2.16. The normalized spacial score (nSPS) is 10.3. The number of aromatic nitrogens is 2. The Hall–Kier alpha value is -0.920. The summed E-state index contributed by atoms with van der Waals surface area (Å²) in [5.74, 6) is 0. The van der Waals surface area contributed by atoms with Gasteiger partial charge < -0.3 is 0 Å². The third-order valence-electron chi connectivity index (χ3n) is 1.55. The maximum absolute atomic E-state index is 4.29. The third-order valence-corrected chi connectivity index (χ3v) is 1.55. The van der Waals surface area contributed by atoms with E-state index in [1.807, 2.05) is 27.0 Å². The SMILES string of the molecule is CC.Cc1cnc(C(C)(C)C)cn1. The van der Waals surface area contributed by atoms with Crippen LogP contribution in [0.25, 0.3) is 0 Å². The van der Waals surface area contributed by atoms with Gasteiger partial charge in [-0.3, -0.25) is 9.97 Å². The number of hydrogen-bond donors (Lipinski definition) is 0. The van der Waals surface area contributed by atoms with Gasteiger partial charge in [-0.15, -0.1) is 0 Å². The van der Waals surface area contributed by atoms with Crippen LogP contribution in [0.15, 0.2) is 12.4 Å². The van der Waals surface area contributed by atoms with Crippen LogP contribution in [0, 0.1) is 6.92 Å². The summed E-state index contributed by atoms with van der Waals surface area (Å²) in [7, 11) is 0. The van der Waals surface area contributed by atoms with Crippen LogP contribution in [0.1, 0.15) is 46.0 Å². The van der Waals surface area contributed by atoms with Gasteiger partial charge in [0.2, 0.25) is 0 Å². The summed E-state index contributed by atoms with van der Waals surface area (Å²) >= 11 is 0. The summed E-state index contributed by atoms with van der Waals surface area (Å²) in [6, 6.07) is 0. The molecule has 1 aromatic heterocycles. The molecule has 0 unspecified atom stereocenters. The Bertz CT molecular complexity index is 231. The molecule has 0 atom stereocenters. The van der Waals surface area contributed by atoms with E-state index < -0.39 is 0 Å². The van der Waals surface area contributed by atoms with E-state index >= 15 is 0 Å². The molecule has 2 nitrogen and oxygen atoms in total. The van der Waals surface area contributed by atoms with Crippen molar-refractivity contribution >= 4 is 0 Å². The van der Waals surface area contributed by atoms with Crippen molar-refractivity contribution < 1.29 is 0 Å². The molecule has 0 aliphatic heterocycles. The lowest BCUT2D eigenvalue weighted by Crippen LogP contribution is -2.13. The predicted molar refractivity (Wildman–Crippen MR) is 56.8 cm³/mol. The van der Waals surface area contributed by atoms with Crippen LogP contribution in [0.4, 0.5) is 0 Å². The largest absolute Gasteiger partial charge is 0.258 e. The molecule has 1 aromatic rings. The quantitative estimate of drug-likeness (QED) is 0.613. The maximum atomic E-state index is 4.29. The zero-order valence-electron chi connectivity index (χ0n) is 9.55. The van der Waals surface area contributed by atoms with Crippen molar-refractivity contribution in [3.05, 3.63) is 23.8 Å². The summed E-state index contributed by atoms with van der Waals surface area (Å²) in [5, 5.41) is 0. The molecule has 74 valence electrons. The summed E-state index contributed by atoms with van der Waals surface area (Å²) in [6.45, 7) is 12.3. The fourth-order valence-electron chi connectivity index (χ4n) is 0.780. The van der Waals surface area contributed by atoms with Crippen LogP contribution >= 0.6 is 0 Å². The topological polar surface area (TPSA) is 25.8 Å². The van der Waals surface area contributed by atoms with E-state index in [0.29, 0.717) is 0 Å². The van der Waals surface area contributed by atoms with E-state index in [-0.39, 0.29) is 5.41 Å². The molecule has 0 saturated heterocycles. The van der Waals surface area contributed by atoms with Crippen LogP contribution in [0.3, 0.4) is 0 Å². The molecule has 0 fully saturated rings. The Morgan fingerprint density at radius 3 is 1.85 bits per heavy atom. The molecule has 1 heterocycles. The van der Waals surface area contributed by atoms with E-state index in [4.69, 9.17) is 0 Å². The molecule has 0 amide bonds. The van der Waals surface area contributed by atoms with Gasteiger partial charge in [-0.05, 0) is 6.92 Å². The second kappa shape index (κ2) is 4.95. The van der Waals surface area contributed by atoms with E-state index in [1.54, 1.807) is 6.20 Å². The molecule has 0 aromatic carbocycles. The van der Waals surface area contributed by atoms with E-state index in [9.17, 15) is 0 Å². The predicted octanol–water partition coefficient (Wildman–Crippen LogP) is 3.11. The highest BCUT2D eigenvalue weighted by atomic mass is 14.8. The van der Waals surface area contributed by atoms with Crippen molar-refractivity contribution in [2.45, 2.75) is 47.0 Å². The molecule has 0 bridgehead atoms. The molecule has 0 aliphatic carbocycles.